The molecular weight excluding hydrogens is 320 g/mol. The van der Waals surface area contributed by atoms with Crippen LogP contribution < -0.4 is 15.5 Å². The first-order chi connectivity index (χ1) is 11.5. The van der Waals surface area contributed by atoms with E-state index < -0.39 is 0 Å². The van der Waals surface area contributed by atoms with Gasteiger partial charge in [0.2, 0.25) is 0 Å². The minimum absolute atomic E-state index is 0.286. The quantitative estimate of drug-likeness (QED) is 0.470. The highest BCUT2D eigenvalue weighted by Crippen LogP contribution is 2.23. The van der Waals surface area contributed by atoms with Crippen molar-refractivity contribution in [3.63, 3.8) is 0 Å². The van der Waals surface area contributed by atoms with E-state index in [1.807, 2.05) is 32.9 Å². The van der Waals surface area contributed by atoms with E-state index in [0.717, 1.165) is 36.7 Å². The van der Waals surface area contributed by atoms with Gasteiger partial charge in [0.15, 0.2) is 5.11 Å². The number of hydrogen-bond donors (Lipinski definition) is 2. The second kappa shape index (κ2) is 8.99. The first-order valence-electron chi connectivity index (χ1n) is 8.50. The van der Waals surface area contributed by atoms with Gasteiger partial charge in [-0.2, -0.15) is 5.10 Å². The fraction of sp³-hybridized carbons (Fsp3) is 0.556. The summed E-state index contributed by atoms with van der Waals surface area (Å²) in [7, 11) is 1.72. The summed E-state index contributed by atoms with van der Waals surface area (Å²) in [5, 5.41) is 8.04. The SMILES string of the molecule is COc1ccc(/C(C)=N\NC(=S)NC(C)C)cc1CN1CCCC1. The molecule has 132 valence electrons. The van der Waals surface area contributed by atoms with Crippen molar-refractivity contribution in [2.24, 2.45) is 5.10 Å². The van der Waals surface area contributed by atoms with Crippen LogP contribution in [-0.2, 0) is 6.54 Å². The Hall–Kier alpha value is -1.66. The van der Waals surface area contributed by atoms with Gasteiger partial charge in [-0.15, -0.1) is 0 Å². The molecule has 2 N–H and O–H groups in total. The molecule has 1 aliphatic rings. The van der Waals surface area contributed by atoms with Crippen LogP contribution in [0.1, 0.15) is 44.7 Å². The molecule has 2 rings (SSSR count). The average molecular weight is 349 g/mol. The molecule has 1 heterocycles. The lowest BCUT2D eigenvalue weighted by atomic mass is 10.1. The smallest absolute Gasteiger partial charge is 0.187 e. The maximum atomic E-state index is 5.52. The number of ether oxygens (including phenoxy) is 1. The Kier molecular flexibility index (Phi) is 6.99. The Morgan fingerprint density at radius 2 is 2.04 bits per heavy atom. The fourth-order valence-corrected chi connectivity index (χ4v) is 3.08. The van der Waals surface area contributed by atoms with Gasteiger partial charge < -0.3 is 10.1 Å². The number of hydrazone groups is 1. The molecule has 0 radical (unpaired) electrons. The van der Waals surface area contributed by atoms with Crippen LogP contribution in [0.15, 0.2) is 23.3 Å². The number of rotatable bonds is 6. The van der Waals surface area contributed by atoms with Crippen molar-refractivity contribution in [1.29, 1.82) is 0 Å². The number of likely N-dealkylation sites (tertiary alicyclic amines) is 1. The Labute approximate surface area is 150 Å². The van der Waals surface area contributed by atoms with Crippen LogP contribution in [0.3, 0.4) is 0 Å². The van der Waals surface area contributed by atoms with E-state index in [1.54, 1.807) is 7.11 Å². The molecule has 6 heteroatoms. The zero-order chi connectivity index (χ0) is 17.5. The van der Waals surface area contributed by atoms with Crippen molar-refractivity contribution in [3.05, 3.63) is 29.3 Å². The molecule has 5 nitrogen and oxygen atoms in total. The summed E-state index contributed by atoms with van der Waals surface area (Å²) in [6, 6.07) is 6.50. The van der Waals surface area contributed by atoms with Crippen LogP contribution in [0, 0.1) is 0 Å². The standard InChI is InChI=1S/C18H28N4OS/c1-13(2)19-18(24)21-20-14(3)15-7-8-17(23-4)16(11-15)12-22-9-5-6-10-22/h7-8,11,13H,5-6,9-10,12H2,1-4H3,(H2,19,21,24)/b20-14-. The minimum Gasteiger partial charge on any atom is -0.496 e. The van der Waals surface area contributed by atoms with Gasteiger partial charge >= 0.3 is 0 Å². The third kappa shape index (κ3) is 5.46. The Bertz CT molecular complexity index is 595. The van der Waals surface area contributed by atoms with Crippen LogP contribution >= 0.6 is 12.2 Å². The van der Waals surface area contributed by atoms with E-state index in [0.29, 0.717) is 5.11 Å². The van der Waals surface area contributed by atoms with E-state index in [4.69, 9.17) is 17.0 Å². The topological polar surface area (TPSA) is 48.9 Å². The van der Waals surface area contributed by atoms with Crippen LogP contribution in [-0.4, -0.2) is 42.0 Å². The third-order valence-electron chi connectivity index (χ3n) is 4.04. The summed E-state index contributed by atoms with van der Waals surface area (Å²) >= 11 is 5.20. The molecule has 0 atom stereocenters. The molecule has 24 heavy (non-hydrogen) atoms. The molecule has 1 saturated heterocycles. The lowest BCUT2D eigenvalue weighted by molar-refractivity contribution is 0.321. The van der Waals surface area contributed by atoms with Gasteiger partial charge in [-0.3, -0.25) is 10.3 Å². The first-order valence-corrected chi connectivity index (χ1v) is 8.91. The number of thiocarbonyl (C=S) groups is 1. The maximum Gasteiger partial charge on any atom is 0.187 e. The van der Waals surface area contributed by atoms with Crippen molar-refractivity contribution >= 4 is 23.0 Å². The van der Waals surface area contributed by atoms with Crippen LogP contribution in [0.25, 0.3) is 0 Å². The average Bonchev–Trinajstić information content (AvgIpc) is 3.05. The van der Waals surface area contributed by atoms with Gasteiger partial charge in [-0.05, 0) is 82.7 Å². The number of nitrogens with zero attached hydrogens (tertiary/aromatic N) is 2. The van der Waals surface area contributed by atoms with E-state index in [9.17, 15) is 0 Å². The summed E-state index contributed by atoms with van der Waals surface area (Å²) in [6.07, 6.45) is 2.57. The number of hydrogen-bond acceptors (Lipinski definition) is 4. The molecule has 0 aliphatic carbocycles. The lowest BCUT2D eigenvalue weighted by Gasteiger charge is -2.18. The van der Waals surface area contributed by atoms with Gasteiger partial charge in [0.25, 0.3) is 0 Å². The molecule has 0 unspecified atom stereocenters. The Morgan fingerprint density at radius 1 is 1.33 bits per heavy atom. The van der Waals surface area contributed by atoms with Crippen molar-refractivity contribution < 1.29 is 4.74 Å². The first kappa shape index (κ1) is 18.7. The van der Waals surface area contributed by atoms with Crippen molar-refractivity contribution in [2.75, 3.05) is 20.2 Å². The number of benzene rings is 1. The van der Waals surface area contributed by atoms with Gasteiger partial charge in [0, 0.05) is 18.2 Å². The highest BCUT2D eigenvalue weighted by Gasteiger charge is 2.15. The minimum atomic E-state index is 0.286. The van der Waals surface area contributed by atoms with Crippen molar-refractivity contribution in [2.45, 2.75) is 46.2 Å². The second-order valence-electron chi connectivity index (χ2n) is 6.45. The molecule has 0 bridgehead atoms. The highest BCUT2D eigenvalue weighted by molar-refractivity contribution is 7.80. The lowest BCUT2D eigenvalue weighted by Crippen LogP contribution is -2.37. The van der Waals surface area contributed by atoms with Crippen LogP contribution in [0.2, 0.25) is 0 Å². The Balaban J connectivity index is 2.09. The van der Waals surface area contributed by atoms with Gasteiger partial charge in [0.05, 0.1) is 12.8 Å². The summed E-state index contributed by atoms with van der Waals surface area (Å²) in [5.74, 6) is 0.934. The zero-order valence-corrected chi connectivity index (χ0v) is 15.9. The second-order valence-corrected chi connectivity index (χ2v) is 6.86. The fourth-order valence-electron chi connectivity index (χ4n) is 2.80. The molecule has 0 amide bonds. The molecular formula is C18H28N4OS. The number of nitrogens with one attached hydrogen (secondary N) is 2. The largest absolute Gasteiger partial charge is 0.496 e. The van der Waals surface area contributed by atoms with Gasteiger partial charge in [-0.25, -0.2) is 0 Å². The summed E-state index contributed by atoms with van der Waals surface area (Å²) in [6.45, 7) is 9.31. The molecule has 1 aromatic rings. The van der Waals surface area contributed by atoms with Crippen molar-refractivity contribution in [1.82, 2.24) is 15.6 Å². The molecule has 0 aromatic heterocycles. The monoisotopic (exact) mass is 348 g/mol. The summed E-state index contributed by atoms with van der Waals surface area (Å²) < 4.78 is 5.52. The van der Waals surface area contributed by atoms with E-state index in [2.05, 4.69) is 26.8 Å². The third-order valence-corrected chi connectivity index (χ3v) is 4.24. The van der Waals surface area contributed by atoms with Gasteiger partial charge in [-0.1, -0.05) is 0 Å². The molecule has 1 aliphatic heterocycles. The van der Waals surface area contributed by atoms with Crippen LogP contribution in [0.5, 0.6) is 5.75 Å². The van der Waals surface area contributed by atoms with Crippen LogP contribution in [0.4, 0.5) is 0 Å². The molecule has 1 fully saturated rings. The summed E-state index contributed by atoms with van der Waals surface area (Å²) in [5.41, 5.74) is 6.07. The maximum absolute atomic E-state index is 5.52. The normalized spacial score (nSPS) is 15.6. The summed E-state index contributed by atoms with van der Waals surface area (Å²) in [4.78, 5) is 2.47. The molecule has 0 saturated carbocycles. The van der Waals surface area contributed by atoms with E-state index >= 15 is 0 Å². The predicted molar refractivity (Wildman–Crippen MR) is 104 cm³/mol. The number of methoxy groups -OCH3 is 1. The highest BCUT2D eigenvalue weighted by atomic mass is 32.1. The predicted octanol–water partition coefficient (Wildman–Crippen LogP) is 2.89. The van der Waals surface area contributed by atoms with Crippen molar-refractivity contribution in [3.8, 4) is 5.75 Å². The van der Waals surface area contributed by atoms with Gasteiger partial charge in [0.1, 0.15) is 5.75 Å². The molecule has 0 spiro atoms. The Morgan fingerprint density at radius 3 is 2.67 bits per heavy atom. The zero-order valence-electron chi connectivity index (χ0n) is 15.1. The van der Waals surface area contributed by atoms with E-state index in [1.165, 1.54) is 18.4 Å². The van der Waals surface area contributed by atoms with E-state index in [-0.39, 0.29) is 6.04 Å². The molecule has 1 aromatic carbocycles.